The molecule has 396 valence electrons. The third kappa shape index (κ3) is 11.7. The summed E-state index contributed by atoms with van der Waals surface area (Å²) in [5.41, 5.74) is 6.00. The van der Waals surface area contributed by atoms with Gasteiger partial charge in [-0.3, -0.25) is 37.3 Å². The summed E-state index contributed by atoms with van der Waals surface area (Å²) >= 11 is 0. The van der Waals surface area contributed by atoms with Crippen LogP contribution in [0.2, 0.25) is 0 Å². The second-order valence-corrected chi connectivity index (χ2v) is 21.3. The Morgan fingerprint density at radius 1 is 0.635 bits per heavy atom. The van der Waals surface area contributed by atoms with Gasteiger partial charge in [0.25, 0.3) is 11.1 Å². The highest BCUT2D eigenvalue weighted by atomic mass is 19.1. The molecule has 16 nitrogen and oxygen atoms in total. The quantitative estimate of drug-likeness (QED) is 0.0667. The zero-order chi connectivity index (χ0) is 52.0. The molecule has 0 radical (unpaired) electrons. The molecule has 74 heavy (non-hydrogen) atoms. The topological polar surface area (TPSA) is 174 Å². The van der Waals surface area contributed by atoms with E-state index in [-0.39, 0.29) is 46.5 Å². The highest BCUT2D eigenvalue weighted by Crippen LogP contribution is 2.37. The highest BCUT2D eigenvalue weighted by Gasteiger charge is 2.39. The average Bonchev–Trinajstić information content (AvgIpc) is 4.02. The number of quaternary nitrogens is 2. The first-order valence-electron chi connectivity index (χ1n) is 27.1. The van der Waals surface area contributed by atoms with Crippen LogP contribution >= 0.6 is 0 Å². The summed E-state index contributed by atoms with van der Waals surface area (Å²) in [7, 11) is 0. The second-order valence-electron chi connectivity index (χ2n) is 21.3. The van der Waals surface area contributed by atoms with Gasteiger partial charge in [-0.15, -0.1) is 0 Å². The molecular weight excluding hydrogens is 951 g/mol. The number of benzene rings is 2. The summed E-state index contributed by atoms with van der Waals surface area (Å²) < 4.78 is 54.4. The molecule has 4 aliphatic rings. The number of rotatable bonds is 16. The lowest BCUT2D eigenvalue weighted by atomic mass is 9.90. The molecule has 0 saturated carbocycles. The molecule has 0 N–H and O–H groups in total. The Hall–Kier alpha value is -6.14. The van der Waals surface area contributed by atoms with Crippen molar-refractivity contribution in [1.82, 2.24) is 29.4 Å². The maximum Gasteiger partial charge on any atom is 0.310 e. The van der Waals surface area contributed by atoms with Crippen LogP contribution in [-0.2, 0) is 57.8 Å². The average molecular weight is 1020 g/mol. The van der Waals surface area contributed by atoms with Gasteiger partial charge in [0.2, 0.25) is 13.5 Å². The predicted molar refractivity (Wildman–Crippen MR) is 273 cm³/mol. The van der Waals surface area contributed by atoms with E-state index in [1.165, 1.54) is 24.3 Å². The number of likely N-dealkylation sites (tertiary alicyclic amines) is 2. The van der Waals surface area contributed by atoms with Crippen LogP contribution in [0.25, 0.3) is 21.9 Å². The largest absolute Gasteiger partial charge is 0.415 e. The van der Waals surface area contributed by atoms with E-state index < -0.39 is 0 Å². The molecule has 4 aliphatic heterocycles. The van der Waals surface area contributed by atoms with E-state index in [2.05, 4.69) is 10.3 Å². The molecular formula is C56H72F2N8O8+2. The predicted octanol–water partition coefficient (Wildman–Crippen LogP) is 8.81. The smallest absolute Gasteiger partial charge is 0.310 e. The molecule has 4 aromatic heterocycles. The van der Waals surface area contributed by atoms with Gasteiger partial charge >= 0.3 is 11.9 Å². The van der Waals surface area contributed by atoms with E-state index in [1.54, 1.807) is 12.1 Å². The highest BCUT2D eigenvalue weighted by molar-refractivity contribution is 5.80. The van der Waals surface area contributed by atoms with Gasteiger partial charge in [-0.2, -0.15) is 0 Å². The minimum atomic E-state index is -0.341. The molecule has 10 rings (SSSR count). The van der Waals surface area contributed by atoms with Crippen molar-refractivity contribution in [2.24, 2.45) is 0 Å². The van der Waals surface area contributed by atoms with Crippen molar-refractivity contribution in [2.45, 2.75) is 155 Å². The molecule has 0 aliphatic carbocycles. The van der Waals surface area contributed by atoms with Gasteiger partial charge in [0.1, 0.15) is 23.3 Å². The molecule has 2 saturated heterocycles. The van der Waals surface area contributed by atoms with Crippen molar-refractivity contribution in [3.63, 3.8) is 0 Å². The number of hydrogen-bond acceptors (Lipinski definition) is 12. The van der Waals surface area contributed by atoms with Crippen LogP contribution in [0.5, 0.6) is 0 Å². The zero-order valence-electron chi connectivity index (χ0n) is 43.6. The number of piperidine rings is 2. The van der Waals surface area contributed by atoms with Crippen molar-refractivity contribution in [3.8, 4) is 0 Å². The molecule has 2 fully saturated rings. The Labute approximate surface area is 430 Å². The number of carbonyl (C=O) groups excluding carboxylic acids is 2. The molecule has 18 heteroatoms. The fourth-order valence-corrected chi connectivity index (χ4v) is 11.8. The Morgan fingerprint density at radius 3 is 1.43 bits per heavy atom. The molecule has 0 amide bonds. The van der Waals surface area contributed by atoms with Crippen molar-refractivity contribution in [3.05, 3.63) is 114 Å². The van der Waals surface area contributed by atoms with Crippen molar-refractivity contribution in [1.29, 1.82) is 0 Å². The number of hydrogen-bond donors (Lipinski definition) is 0. The van der Waals surface area contributed by atoms with Crippen LogP contribution in [0, 0.1) is 25.5 Å². The zero-order valence-corrected chi connectivity index (χ0v) is 43.6. The molecule has 0 bridgehead atoms. The normalized spacial score (nSPS) is 21.6. The number of halogens is 2. The molecule has 0 spiro atoms. The Kier molecular flexibility index (Phi) is 16.5. The minimum absolute atomic E-state index is 0.0829. The Bertz CT molecular complexity index is 2890. The van der Waals surface area contributed by atoms with Gasteiger partial charge in [0, 0.05) is 135 Å². The van der Waals surface area contributed by atoms with Gasteiger partial charge in [-0.25, -0.2) is 18.7 Å². The van der Waals surface area contributed by atoms with Gasteiger partial charge in [0.05, 0.1) is 50.7 Å². The first-order valence-corrected chi connectivity index (χ1v) is 27.1. The van der Waals surface area contributed by atoms with E-state index in [1.807, 2.05) is 36.8 Å². The molecule has 8 heterocycles. The summed E-state index contributed by atoms with van der Waals surface area (Å²) in [6.45, 7) is 14.4. The van der Waals surface area contributed by atoms with E-state index >= 15 is 0 Å². The number of esters is 2. The van der Waals surface area contributed by atoms with Crippen LogP contribution in [0.3, 0.4) is 0 Å². The van der Waals surface area contributed by atoms with Gasteiger partial charge in [-0.05, 0) is 76.6 Å². The summed E-state index contributed by atoms with van der Waals surface area (Å²) in [5, 5.41) is 10.3. The van der Waals surface area contributed by atoms with Gasteiger partial charge < -0.3 is 18.5 Å². The van der Waals surface area contributed by atoms with Crippen molar-refractivity contribution >= 4 is 33.9 Å². The second kappa shape index (κ2) is 23.2. The van der Waals surface area contributed by atoms with E-state index in [9.17, 15) is 28.0 Å². The third-order valence-corrected chi connectivity index (χ3v) is 16.2. The SMILES string of the molecule is CCCC(=O)OC[N+]1(CCc2c(C)nc3n(c2=O)CCCC3)CCC(c2noc3cc(F)ccc23)CC1.CCCC(=O)OC[N+]1(CCc2c(C)nc3n(c2=O)CCCC3)CCC(c2noc3cc(F)ccc23)CC1. The Morgan fingerprint density at radius 2 is 1.04 bits per heavy atom. The van der Waals surface area contributed by atoms with Crippen molar-refractivity contribution < 1.29 is 45.9 Å². The van der Waals surface area contributed by atoms with Gasteiger partial charge in [-0.1, -0.05) is 24.2 Å². The maximum absolute atomic E-state index is 13.6. The third-order valence-electron chi connectivity index (χ3n) is 16.2. The number of aryl methyl sites for hydroxylation is 4. The summed E-state index contributed by atoms with van der Waals surface area (Å²) in [6, 6.07) is 9.09. The Balaban J connectivity index is 0.000000182. The summed E-state index contributed by atoms with van der Waals surface area (Å²) in [5.74, 6) is 1.12. The monoisotopic (exact) mass is 1020 g/mol. The standard InChI is InChI=1S/2C28H36FN4O4/c2*1-3-6-26(34)36-18-33(16-12-22-19(2)30-25-7-4-5-13-32(25)28(22)35)14-10-20(11-15-33)27-23-9-8-21(29)17-24(23)37-31-27/h2*8-9,17,20H,3-7,10-16,18H2,1-2H3/q2*+1. The van der Waals surface area contributed by atoms with Crippen LogP contribution in [-0.4, -0.2) is 103 Å². The molecule has 6 aromatic rings. The van der Waals surface area contributed by atoms with E-state index in [0.29, 0.717) is 72.4 Å². The van der Waals surface area contributed by atoms with Crippen LogP contribution in [0.1, 0.15) is 148 Å². The lowest BCUT2D eigenvalue weighted by Gasteiger charge is -2.42. The lowest BCUT2D eigenvalue weighted by Crippen LogP contribution is -2.55. The molecule has 0 atom stereocenters. The van der Waals surface area contributed by atoms with E-state index in [0.717, 1.165) is 173 Å². The fourth-order valence-electron chi connectivity index (χ4n) is 11.8. The molecule has 0 unspecified atom stereocenters. The summed E-state index contributed by atoms with van der Waals surface area (Å²) in [4.78, 5) is 60.6. The summed E-state index contributed by atoms with van der Waals surface area (Å²) in [6.07, 6.45) is 12.7. The first-order chi connectivity index (χ1) is 35.8. The first kappa shape index (κ1) is 52.7. The van der Waals surface area contributed by atoms with Crippen LogP contribution in [0.15, 0.2) is 55.0 Å². The van der Waals surface area contributed by atoms with Crippen molar-refractivity contribution in [2.75, 3.05) is 52.7 Å². The molecule has 2 aromatic carbocycles. The number of aromatic nitrogens is 6. The maximum atomic E-state index is 13.6. The van der Waals surface area contributed by atoms with Gasteiger partial charge in [0.15, 0.2) is 11.2 Å². The van der Waals surface area contributed by atoms with Crippen LogP contribution in [0.4, 0.5) is 8.78 Å². The lowest BCUT2D eigenvalue weighted by molar-refractivity contribution is -0.948. The number of nitrogens with zero attached hydrogens (tertiary/aromatic N) is 8. The number of fused-ring (bicyclic) bond motifs is 4. The number of carbonyl (C=O) groups is 2. The van der Waals surface area contributed by atoms with E-state index in [4.69, 9.17) is 28.5 Å². The number of ether oxygens (including phenoxy) is 2. The fraction of sp³-hybridized carbons (Fsp3) is 0.571. The minimum Gasteiger partial charge on any atom is -0.415 e. The van der Waals surface area contributed by atoms with Crippen LogP contribution < -0.4 is 11.1 Å².